The van der Waals surface area contributed by atoms with Gasteiger partial charge in [-0.15, -0.1) is 0 Å². The maximum Gasteiger partial charge on any atom is 0.343 e. The number of carbonyl (C=O) groups excluding carboxylic acids is 3. The highest BCUT2D eigenvalue weighted by Gasteiger charge is 2.28. The first-order chi connectivity index (χ1) is 15.8. The van der Waals surface area contributed by atoms with Crippen LogP contribution in [0.3, 0.4) is 0 Å². The van der Waals surface area contributed by atoms with E-state index in [1.54, 1.807) is 32.9 Å². The molecule has 2 rings (SSSR count). The number of nitrogens with one attached hydrogen (secondary N) is 1. The van der Waals surface area contributed by atoms with Crippen molar-refractivity contribution in [3.8, 4) is 11.5 Å². The van der Waals surface area contributed by atoms with Crippen LogP contribution in [0.25, 0.3) is 0 Å². The standard InChI is InChI=1S/C28H36ClNO5/c1-26(2,3)18-12-16(13-19(24(18)33)27(4,5)6)25(34)35-17-10-11-20(29)21(14-17)30-23(32)15-22(31)28(7,8)9/h10-14,33H,15H2,1-9H3,(H,30,32). The lowest BCUT2D eigenvalue weighted by molar-refractivity contribution is -0.130. The van der Waals surface area contributed by atoms with E-state index in [0.29, 0.717) is 16.7 Å². The van der Waals surface area contributed by atoms with Gasteiger partial charge in [0.05, 0.1) is 22.7 Å². The molecule has 0 fully saturated rings. The number of halogens is 1. The predicted octanol–water partition coefficient (Wildman–Crippen LogP) is 6.80. The number of hydrogen-bond donors (Lipinski definition) is 2. The van der Waals surface area contributed by atoms with E-state index in [1.165, 1.54) is 18.2 Å². The molecule has 0 spiro atoms. The van der Waals surface area contributed by atoms with Gasteiger partial charge in [-0.05, 0) is 35.1 Å². The normalized spacial score (nSPS) is 12.3. The molecule has 1 amide bonds. The molecule has 7 heteroatoms. The average Bonchev–Trinajstić information content (AvgIpc) is 2.68. The van der Waals surface area contributed by atoms with E-state index in [4.69, 9.17) is 16.3 Å². The summed E-state index contributed by atoms with van der Waals surface area (Å²) in [6, 6.07) is 7.75. The highest BCUT2D eigenvalue weighted by Crippen LogP contribution is 2.40. The first kappa shape index (κ1) is 28.4. The Morgan fingerprint density at radius 2 is 1.40 bits per heavy atom. The molecule has 0 aliphatic heterocycles. The van der Waals surface area contributed by atoms with Crippen molar-refractivity contribution in [3.05, 3.63) is 52.0 Å². The van der Waals surface area contributed by atoms with E-state index < -0.39 is 28.1 Å². The molecule has 2 aromatic rings. The second-order valence-corrected chi connectivity index (χ2v) is 12.3. The minimum atomic E-state index is -0.638. The van der Waals surface area contributed by atoms with Gasteiger partial charge in [0.25, 0.3) is 0 Å². The van der Waals surface area contributed by atoms with E-state index in [0.717, 1.165) is 0 Å². The average molecular weight is 502 g/mol. The van der Waals surface area contributed by atoms with E-state index in [1.807, 2.05) is 41.5 Å². The third kappa shape index (κ3) is 7.31. The maximum absolute atomic E-state index is 13.1. The first-order valence-corrected chi connectivity index (χ1v) is 11.9. The van der Waals surface area contributed by atoms with Crippen LogP contribution in [-0.2, 0) is 20.4 Å². The van der Waals surface area contributed by atoms with E-state index in [2.05, 4.69) is 5.32 Å². The molecular formula is C28H36ClNO5. The Morgan fingerprint density at radius 1 is 0.886 bits per heavy atom. The molecule has 0 aliphatic rings. The summed E-state index contributed by atoms with van der Waals surface area (Å²) in [7, 11) is 0. The van der Waals surface area contributed by atoms with Gasteiger partial charge in [-0.25, -0.2) is 4.79 Å². The van der Waals surface area contributed by atoms with Crippen molar-refractivity contribution in [2.75, 3.05) is 5.32 Å². The van der Waals surface area contributed by atoms with Crippen LogP contribution >= 0.6 is 11.6 Å². The van der Waals surface area contributed by atoms with Crippen molar-refractivity contribution >= 4 is 34.9 Å². The lowest BCUT2D eigenvalue weighted by Crippen LogP contribution is -2.26. The van der Waals surface area contributed by atoms with Crippen LogP contribution in [0.5, 0.6) is 11.5 Å². The zero-order valence-corrected chi connectivity index (χ0v) is 22.8. The molecule has 0 radical (unpaired) electrons. The van der Waals surface area contributed by atoms with Crippen LogP contribution in [0.2, 0.25) is 5.02 Å². The van der Waals surface area contributed by atoms with Crippen molar-refractivity contribution in [3.63, 3.8) is 0 Å². The summed E-state index contributed by atoms with van der Waals surface area (Å²) in [4.78, 5) is 37.6. The van der Waals surface area contributed by atoms with Gasteiger partial charge in [0, 0.05) is 22.6 Å². The molecule has 190 valence electrons. The Bertz CT molecular complexity index is 1110. The largest absolute Gasteiger partial charge is 0.507 e. The number of ether oxygens (including phenoxy) is 1. The van der Waals surface area contributed by atoms with Gasteiger partial charge in [-0.2, -0.15) is 0 Å². The number of amides is 1. The quantitative estimate of drug-likeness (QED) is 0.267. The molecule has 0 heterocycles. The molecule has 6 nitrogen and oxygen atoms in total. The van der Waals surface area contributed by atoms with Gasteiger partial charge >= 0.3 is 5.97 Å². The summed E-state index contributed by atoms with van der Waals surface area (Å²) in [6.07, 6.45) is -0.289. The molecule has 0 saturated carbocycles. The van der Waals surface area contributed by atoms with Crippen LogP contribution in [0.4, 0.5) is 5.69 Å². The number of phenols is 1. The monoisotopic (exact) mass is 501 g/mol. The van der Waals surface area contributed by atoms with Crippen LogP contribution in [-0.4, -0.2) is 22.8 Å². The summed E-state index contributed by atoms with van der Waals surface area (Å²) < 4.78 is 5.59. The van der Waals surface area contributed by atoms with Gasteiger partial charge in [-0.3, -0.25) is 9.59 Å². The summed E-state index contributed by atoms with van der Waals surface area (Å²) in [5.74, 6) is -0.963. The zero-order chi connectivity index (χ0) is 26.9. The number of anilines is 1. The third-order valence-electron chi connectivity index (χ3n) is 5.54. The Kier molecular flexibility index (Phi) is 8.12. The lowest BCUT2D eigenvalue weighted by atomic mass is 9.78. The summed E-state index contributed by atoms with van der Waals surface area (Å²) in [6.45, 7) is 17.0. The Morgan fingerprint density at radius 3 is 1.86 bits per heavy atom. The SMILES string of the molecule is CC(C)(C)C(=O)CC(=O)Nc1cc(OC(=O)c2cc(C(C)(C)C)c(O)c(C(C)(C)C)c2)ccc1Cl. The maximum atomic E-state index is 13.1. The number of phenolic OH excluding ortho intramolecular Hbond substituents is 1. The van der Waals surface area contributed by atoms with Gasteiger partial charge < -0.3 is 15.2 Å². The van der Waals surface area contributed by atoms with Crippen molar-refractivity contribution < 1.29 is 24.2 Å². The Hall–Kier alpha value is -2.86. The van der Waals surface area contributed by atoms with E-state index in [9.17, 15) is 19.5 Å². The number of Topliss-reactive ketones (excluding diaryl/α,β-unsaturated/α-hetero) is 1. The van der Waals surface area contributed by atoms with Crippen LogP contribution in [0, 0.1) is 5.41 Å². The van der Waals surface area contributed by atoms with Crippen LogP contribution in [0.1, 0.15) is 90.2 Å². The van der Waals surface area contributed by atoms with Gasteiger partial charge in [0.15, 0.2) is 0 Å². The Balaban J connectivity index is 2.34. The molecule has 0 saturated heterocycles. The fourth-order valence-electron chi connectivity index (χ4n) is 3.33. The number of esters is 1. The second kappa shape index (κ2) is 10.0. The number of rotatable bonds is 5. The molecule has 0 aromatic heterocycles. The minimum Gasteiger partial charge on any atom is -0.507 e. The third-order valence-corrected chi connectivity index (χ3v) is 5.87. The smallest absolute Gasteiger partial charge is 0.343 e. The van der Waals surface area contributed by atoms with Gasteiger partial charge in [-0.1, -0.05) is 73.9 Å². The Labute approximate surface area is 213 Å². The molecule has 0 atom stereocenters. The van der Waals surface area contributed by atoms with Crippen LogP contribution < -0.4 is 10.1 Å². The predicted molar refractivity (Wildman–Crippen MR) is 140 cm³/mol. The number of hydrogen-bond acceptors (Lipinski definition) is 5. The summed E-state index contributed by atoms with van der Waals surface area (Å²) in [5.41, 5.74) is 0.383. The highest BCUT2D eigenvalue weighted by atomic mass is 35.5. The molecule has 0 aliphatic carbocycles. The zero-order valence-electron chi connectivity index (χ0n) is 22.1. The van der Waals surface area contributed by atoms with Crippen molar-refractivity contribution in [2.45, 2.75) is 79.6 Å². The first-order valence-electron chi connectivity index (χ1n) is 11.5. The van der Waals surface area contributed by atoms with Gasteiger partial charge in [0.1, 0.15) is 17.3 Å². The molecule has 2 N–H and O–H groups in total. The minimum absolute atomic E-state index is 0.169. The molecule has 35 heavy (non-hydrogen) atoms. The van der Waals surface area contributed by atoms with Crippen molar-refractivity contribution in [2.24, 2.45) is 5.41 Å². The molecule has 0 unspecified atom stereocenters. The molecule has 0 bridgehead atoms. The second-order valence-electron chi connectivity index (χ2n) is 11.8. The topological polar surface area (TPSA) is 92.7 Å². The molecular weight excluding hydrogens is 466 g/mol. The van der Waals surface area contributed by atoms with E-state index >= 15 is 0 Å². The van der Waals surface area contributed by atoms with Crippen molar-refractivity contribution in [1.82, 2.24) is 0 Å². The summed E-state index contributed by atoms with van der Waals surface area (Å²) in [5, 5.41) is 13.8. The number of carbonyl (C=O) groups is 3. The lowest BCUT2D eigenvalue weighted by Gasteiger charge is -2.28. The highest BCUT2D eigenvalue weighted by molar-refractivity contribution is 6.33. The van der Waals surface area contributed by atoms with Crippen LogP contribution in [0.15, 0.2) is 30.3 Å². The number of aromatic hydroxyl groups is 1. The fraction of sp³-hybridized carbons (Fsp3) is 0.464. The van der Waals surface area contributed by atoms with E-state index in [-0.39, 0.29) is 34.4 Å². The fourth-order valence-corrected chi connectivity index (χ4v) is 3.50. The van der Waals surface area contributed by atoms with Gasteiger partial charge in [0.2, 0.25) is 5.91 Å². The number of ketones is 1. The summed E-state index contributed by atoms with van der Waals surface area (Å²) >= 11 is 6.21. The number of benzene rings is 2. The molecule has 2 aromatic carbocycles. The van der Waals surface area contributed by atoms with Crippen molar-refractivity contribution in [1.29, 1.82) is 0 Å².